The van der Waals surface area contributed by atoms with E-state index in [4.69, 9.17) is 0 Å². The van der Waals surface area contributed by atoms with Crippen molar-refractivity contribution in [1.29, 1.82) is 0 Å². The number of hydrogen-bond acceptors (Lipinski definition) is 3. The molecule has 0 aliphatic carbocycles. The Morgan fingerprint density at radius 3 is 2.55 bits per heavy atom. The van der Waals surface area contributed by atoms with Gasteiger partial charge in [0.05, 0.1) is 11.9 Å². The Kier molecular flexibility index (Phi) is 1.95. The van der Waals surface area contributed by atoms with Crippen molar-refractivity contribution in [1.82, 2.24) is 15.0 Å². The van der Waals surface area contributed by atoms with Crippen LogP contribution >= 0.6 is 0 Å². The molecule has 0 amide bonds. The lowest BCUT2D eigenvalue weighted by atomic mass is 10.3. The molecule has 1 rings (SSSR count). The second-order valence-corrected chi connectivity index (χ2v) is 3.00. The zero-order valence-corrected chi connectivity index (χ0v) is 7.07. The molecule has 0 radical (unpaired) electrons. The maximum atomic E-state index is 9.46. The van der Waals surface area contributed by atoms with Crippen molar-refractivity contribution in [2.24, 2.45) is 0 Å². The summed E-state index contributed by atoms with van der Waals surface area (Å²) in [7, 11) is 0. The van der Waals surface area contributed by atoms with Crippen molar-refractivity contribution >= 4 is 0 Å². The maximum absolute atomic E-state index is 9.46. The summed E-state index contributed by atoms with van der Waals surface area (Å²) in [5.41, 5.74) is -0.0485. The summed E-state index contributed by atoms with van der Waals surface area (Å²) in [5.74, 6) is 0. The van der Waals surface area contributed by atoms with Gasteiger partial charge in [-0.05, 0) is 20.3 Å². The Hall–Kier alpha value is -0.900. The van der Waals surface area contributed by atoms with Gasteiger partial charge in [-0.1, -0.05) is 12.1 Å². The van der Waals surface area contributed by atoms with Gasteiger partial charge in [-0.2, -0.15) is 0 Å². The fourth-order valence-corrected chi connectivity index (χ4v) is 0.728. The average Bonchev–Trinajstić information content (AvgIpc) is 2.32. The summed E-state index contributed by atoms with van der Waals surface area (Å²) in [4.78, 5) is 0. The van der Waals surface area contributed by atoms with Crippen molar-refractivity contribution in [3.05, 3.63) is 11.9 Å². The molecule has 0 fully saturated rings. The molecule has 0 bridgehead atoms. The number of nitrogens with zero attached hydrogens (tertiary/aromatic N) is 3. The Bertz CT molecular complexity index is 236. The second kappa shape index (κ2) is 2.62. The van der Waals surface area contributed by atoms with Crippen LogP contribution in [0.15, 0.2) is 6.20 Å². The number of aliphatic hydroxyl groups is 1. The molecule has 0 saturated carbocycles. The van der Waals surface area contributed by atoms with Gasteiger partial charge in [-0.25, -0.2) is 4.68 Å². The molecule has 0 aliphatic rings. The summed E-state index contributed by atoms with van der Waals surface area (Å²) in [6.45, 7) is 5.33. The maximum Gasteiger partial charge on any atom is 0.153 e. The van der Waals surface area contributed by atoms with Gasteiger partial charge in [0.15, 0.2) is 5.72 Å². The third-order valence-corrected chi connectivity index (χ3v) is 1.46. The van der Waals surface area contributed by atoms with E-state index in [1.807, 2.05) is 6.92 Å². The third kappa shape index (κ3) is 1.77. The van der Waals surface area contributed by atoms with Crippen LogP contribution in [0.25, 0.3) is 0 Å². The lowest BCUT2D eigenvalue weighted by Gasteiger charge is -2.15. The molecule has 4 nitrogen and oxygen atoms in total. The van der Waals surface area contributed by atoms with Gasteiger partial charge in [-0.3, -0.25) is 0 Å². The minimum Gasteiger partial charge on any atom is -0.370 e. The van der Waals surface area contributed by atoms with Crippen molar-refractivity contribution < 1.29 is 5.11 Å². The lowest BCUT2D eigenvalue weighted by Crippen LogP contribution is -2.25. The normalized spacial score (nSPS) is 12.0. The molecule has 0 atom stereocenters. The Balaban J connectivity index is 2.89. The van der Waals surface area contributed by atoms with Gasteiger partial charge in [0, 0.05) is 0 Å². The van der Waals surface area contributed by atoms with Crippen molar-refractivity contribution in [2.45, 2.75) is 32.9 Å². The molecule has 1 heterocycles. The number of rotatable bonds is 2. The molecule has 1 aromatic heterocycles. The van der Waals surface area contributed by atoms with E-state index in [0.29, 0.717) is 0 Å². The number of aromatic nitrogens is 3. The van der Waals surface area contributed by atoms with Gasteiger partial charge >= 0.3 is 0 Å². The topological polar surface area (TPSA) is 50.9 Å². The van der Waals surface area contributed by atoms with Crippen LogP contribution in [-0.4, -0.2) is 20.1 Å². The summed E-state index contributed by atoms with van der Waals surface area (Å²) >= 11 is 0. The highest BCUT2D eigenvalue weighted by Crippen LogP contribution is 2.08. The van der Waals surface area contributed by atoms with E-state index in [2.05, 4.69) is 10.3 Å². The van der Waals surface area contributed by atoms with Crippen molar-refractivity contribution in [3.8, 4) is 0 Å². The quantitative estimate of drug-likeness (QED) is 0.677. The highest BCUT2D eigenvalue weighted by Gasteiger charge is 2.16. The molecule has 4 heteroatoms. The number of aryl methyl sites for hydroxylation is 1. The average molecular weight is 155 g/mol. The van der Waals surface area contributed by atoms with Crippen LogP contribution in [-0.2, 0) is 12.1 Å². The lowest BCUT2D eigenvalue weighted by molar-refractivity contribution is -0.0120. The standard InChI is InChI=1S/C7H13N3O/c1-4-6-5-10(9-8-6)7(2,3)11/h5,11H,4H2,1-3H3. The van der Waals surface area contributed by atoms with Gasteiger partial charge in [-0.15, -0.1) is 5.10 Å². The predicted molar refractivity (Wildman–Crippen MR) is 40.9 cm³/mol. The van der Waals surface area contributed by atoms with E-state index in [-0.39, 0.29) is 0 Å². The first kappa shape index (κ1) is 8.20. The number of hydrogen-bond donors (Lipinski definition) is 1. The third-order valence-electron chi connectivity index (χ3n) is 1.46. The first-order chi connectivity index (χ1) is 5.04. The SMILES string of the molecule is CCc1cn(C(C)(C)O)nn1. The second-order valence-electron chi connectivity index (χ2n) is 3.00. The molecular formula is C7H13N3O. The van der Waals surface area contributed by atoms with Crippen LogP contribution in [0.1, 0.15) is 26.5 Å². The summed E-state index contributed by atoms with van der Waals surface area (Å²) in [6, 6.07) is 0. The molecule has 11 heavy (non-hydrogen) atoms. The van der Waals surface area contributed by atoms with E-state index in [0.717, 1.165) is 12.1 Å². The van der Waals surface area contributed by atoms with Crippen LogP contribution in [0, 0.1) is 0 Å². The van der Waals surface area contributed by atoms with Gasteiger partial charge in [0.25, 0.3) is 0 Å². The van der Waals surface area contributed by atoms with Crippen LogP contribution in [0.4, 0.5) is 0 Å². The first-order valence-electron chi connectivity index (χ1n) is 3.68. The zero-order chi connectivity index (χ0) is 8.48. The fraction of sp³-hybridized carbons (Fsp3) is 0.714. The minimum atomic E-state index is -0.944. The Morgan fingerprint density at radius 1 is 1.64 bits per heavy atom. The molecule has 0 aliphatic heterocycles. The largest absolute Gasteiger partial charge is 0.370 e. The monoisotopic (exact) mass is 155 g/mol. The molecule has 0 saturated heterocycles. The van der Waals surface area contributed by atoms with E-state index in [1.54, 1.807) is 20.0 Å². The molecular weight excluding hydrogens is 142 g/mol. The Morgan fingerprint density at radius 2 is 2.27 bits per heavy atom. The van der Waals surface area contributed by atoms with Crippen LogP contribution in [0.2, 0.25) is 0 Å². The van der Waals surface area contributed by atoms with Gasteiger partial charge in [0.2, 0.25) is 0 Å². The minimum absolute atomic E-state index is 0.843. The van der Waals surface area contributed by atoms with Crippen LogP contribution in [0.3, 0.4) is 0 Å². The predicted octanol–water partition coefficient (Wildman–Crippen LogP) is 0.525. The van der Waals surface area contributed by atoms with Gasteiger partial charge < -0.3 is 5.11 Å². The summed E-state index contributed by atoms with van der Waals surface area (Å²) in [6.07, 6.45) is 2.59. The molecule has 1 aromatic rings. The molecule has 0 aromatic carbocycles. The Labute approximate surface area is 65.8 Å². The van der Waals surface area contributed by atoms with E-state index >= 15 is 0 Å². The zero-order valence-electron chi connectivity index (χ0n) is 7.07. The molecule has 62 valence electrons. The molecule has 1 N–H and O–H groups in total. The van der Waals surface area contributed by atoms with E-state index in [9.17, 15) is 5.11 Å². The highest BCUT2D eigenvalue weighted by molar-refractivity contribution is 4.92. The van der Waals surface area contributed by atoms with E-state index in [1.165, 1.54) is 4.68 Å². The fourth-order valence-electron chi connectivity index (χ4n) is 0.728. The summed E-state index contributed by atoms with van der Waals surface area (Å²) in [5, 5.41) is 17.1. The van der Waals surface area contributed by atoms with E-state index < -0.39 is 5.72 Å². The van der Waals surface area contributed by atoms with Gasteiger partial charge in [0.1, 0.15) is 0 Å². The summed E-state index contributed by atoms with van der Waals surface area (Å²) < 4.78 is 1.45. The molecule has 0 spiro atoms. The van der Waals surface area contributed by atoms with Crippen molar-refractivity contribution in [2.75, 3.05) is 0 Å². The highest BCUT2D eigenvalue weighted by atomic mass is 16.3. The van der Waals surface area contributed by atoms with Crippen molar-refractivity contribution in [3.63, 3.8) is 0 Å². The van der Waals surface area contributed by atoms with Crippen LogP contribution in [0.5, 0.6) is 0 Å². The first-order valence-corrected chi connectivity index (χ1v) is 3.68. The van der Waals surface area contributed by atoms with Crippen LogP contribution < -0.4 is 0 Å². The smallest absolute Gasteiger partial charge is 0.153 e. The molecule has 0 unspecified atom stereocenters.